The smallest absolute Gasteiger partial charge is 0.188 e. The second-order valence-electron chi connectivity index (χ2n) is 5.24. The van der Waals surface area contributed by atoms with Crippen molar-refractivity contribution in [1.82, 2.24) is 0 Å². The molecule has 1 aliphatic rings. The number of hydrogen-bond acceptors (Lipinski definition) is 4. The van der Waals surface area contributed by atoms with E-state index in [1.807, 2.05) is 24.3 Å². The van der Waals surface area contributed by atoms with Gasteiger partial charge in [-0.3, -0.25) is 0 Å². The van der Waals surface area contributed by atoms with Crippen LogP contribution in [0.3, 0.4) is 0 Å². The lowest BCUT2D eigenvalue weighted by Gasteiger charge is -2.34. The van der Waals surface area contributed by atoms with Gasteiger partial charge in [-0.05, 0) is 12.1 Å². The lowest BCUT2D eigenvalue weighted by molar-refractivity contribution is -0.226. The minimum Gasteiger partial charge on any atom is -0.468 e. The SMILES string of the molecule is COCOc1ccc(C2OCC(C)(C)CO2)cc1. The van der Waals surface area contributed by atoms with E-state index in [-0.39, 0.29) is 18.5 Å². The minimum absolute atomic E-state index is 0.0953. The molecule has 1 fully saturated rings. The summed E-state index contributed by atoms with van der Waals surface area (Å²) >= 11 is 0. The summed E-state index contributed by atoms with van der Waals surface area (Å²) < 4.78 is 21.6. The van der Waals surface area contributed by atoms with E-state index >= 15 is 0 Å². The molecule has 0 amide bonds. The van der Waals surface area contributed by atoms with Crippen LogP contribution in [0.25, 0.3) is 0 Å². The maximum atomic E-state index is 5.71. The predicted molar refractivity (Wildman–Crippen MR) is 67.4 cm³/mol. The van der Waals surface area contributed by atoms with Gasteiger partial charge < -0.3 is 18.9 Å². The third-order valence-electron chi connectivity index (χ3n) is 2.75. The van der Waals surface area contributed by atoms with Crippen molar-refractivity contribution in [1.29, 1.82) is 0 Å². The topological polar surface area (TPSA) is 36.9 Å². The summed E-state index contributed by atoms with van der Waals surface area (Å²) in [5.74, 6) is 0.775. The largest absolute Gasteiger partial charge is 0.468 e. The van der Waals surface area contributed by atoms with Crippen molar-refractivity contribution in [3.8, 4) is 5.75 Å². The highest BCUT2D eigenvalue weighted by atomic mass is 16.7. The first-order valence-corrected chi connectivity index (χ1v) is 6.06. The van der Waals surface area contributed by atoms with E-state index in [1.165, 1.54) is 0 Å². The van der Waals surface area contributed by atoms with Crippen LogP contribution in [0.5, 0.6) is 5.75 Å². The van der Waals surface area contributed by atoms with Crippen LogP contribution in [0.1, 0.15) is 25.7 Å². The molecule has 1 aromatic carbocycles. The van der Waals surface area contributed by atoms with Crippen molar-refractivity contribution in [3.05, 3.63) is 29.8 Å². The van der Waals surface area contributed by atoms with Crippen LogP contribution in [0.4, 0.5) is 0 Å². The van der Waals surface area contributed by atoms with E-state index in [2.05, 4.69) is 13.8 Å². The summed E-state index contributed by atoms with van der Waals surface area (Å²) in [4.78, 5) is 0. The van der Waals surface area contributed by atoms with Crippen LogP contribution < -0.4 is 4.74 Å². The van der Waals surface area contributed by atoms with Crippen molar-refractivity contribution in [2.45, 2.75) is 20.1 Å². The number of methoxy groups -OCH3 is 1. The molecule has 100 valence electrons. The summed E-state index contributed by atoms with van der Waals surface area (Å²) in [7, 11) is 1.60. The lowest BCUT2D eigenvalue weighted by Crippen LogP contribution is -2.33. The summed E-state index contributed by atoms with van der Waals surface area (Å²) in [6.07, 6.45) is -0.269. The molecule has 2 rings (SSSR count). The number of benzene rings is 1. The summed E-state index contributed by atoms with van der Waals surface area (Å²) in [5, 5.41) is 0. The van der Waals surface area contributed by atoms with Crippen LogP contribution in [0, 0.1) is 5.41 Å². The molecule has 0 aromatic heterocycles. The van der Waals surface area contributed by atoms with Gasteiger partial charge in [0.05, 0.1) is 13.2 Å². The molecular formula is C14H20O4. The van der Waals surface area contributed by atoms with Crippen LogP contribution in [-0.2, 0) is 14.2 Å². The molecule has 4 nitrogen and oxygen atoms in total. The van der Waals surface area contributed by atoms with E-state index < -0.39 is 0 Å². The van der Waals surface area contributed by atoms with Gasteiger partial charge in [0.1, 0.15) is 5.75 Å². The third-order valence-corrected chi connectivity index (χ3v) is 2.75. The fourth-order valence-electron chi connectivity index (χ4n) is 1.73. The Hall–Kier alpha value is -1.10. The van der Waals surface area contributed by atoms with Crippen molar-refractivity contribution < 1.29 is 18.9 Å². The highest BCUT2D eigenvalue weighted by Gasteiger charge is 2.29. The van der Waals surface area contributed by atoms with E-state index in [0.717, 1.165) is 11.3 Å². The Balaban J connectivity index is 1.94. The molecule has 0 radical (unpaired) electrons. The Bertz CT molecular complexity index is 362. The zero-order valence-electron chi connectivity index (χ0n) is 11.1. The Morgan fingerprint density at radius 1 is 1.17 bits per heavy atom. The molecule has 0 spiro atoms. The van der Waals surface area contributed by atoms with Gasteiger partial charge in [0, 0.05) is 18.1 Å². The first-order valence-electron chi connectivity index (χ1n) is 6.06. The van der Waals surface area contributed by atoms with Gasteiger partial charge in [0.15, 0.2) is 13.1 Å². The molecule has 0 N–H and O–H groups in total. The molecule has 1 aromatic rings. The van der Waals surface area contributed by atoms with Gasteiger partial charge in [0.25, 0.3) is 0 Å². The molecule has 0 atom stereocenters. The van der Waals surface area contributed by atoms with Crippen molar-refractivity contribution in [3.63, 3.8) is 0 Å². The van der Waals surface area contributed by atoms with Crippen LogP contribution >= 0.6 is 0 Å². The summed E-state index contributed by atoms with van der Waals surface area (Å²) in [6.45, 7) is 5.93. The highest BCUT2D eigenvalue weighted by molar-refractivity contribution is 5.28. The fourth-order valence-corrected chi connectivity index (χ4v) is 1.73. The van der Waals surface area contributed by atoms with E-state index in [4.69, 9.17) is 18.9 Å². The number of ether oxygens (including phenoxy) is 4. The van der Waals surface area contributed by atoms with Gasteiger partial charge in [-0.1, -0.05) is 26.0 Å². The zero-order chi connectivity index (χ0) is 13.0. The van der Waals surface area contributed by atoms with E-state index in [1.54, 1.807) is 7.11 Å². The second-order valence-corrected chi connectivity index (χ2v) is 5.24. The first kappa shape index (κ1) is 13.3. The average Bonchev–Trinajstić information content (AvgIpc) is 2.37. The molecular weight excluding hydrogens is 232 g/mol. The van der Waals surface area contributed by atoms with Gasteiger partial charge in [-0.25, -0.2) is 0 Å². The molecule has 1 aliphatic heterocycles. The Labute approximate surface area is 108 Å². The van der Waals surface area contributed by atoms with E-state index in [0.29, 0.717) is 13.2 Å². The zero-order valence-corrected chi connectivity index (χ0v) is 11.1. The quantitative estimate of drug-likeness (QED) is 0.772. The first-order chi connectivity index (χ1) is 8.61. The van der Waals surface area contributed by atoms with Crippen molar-refractivity contribution >= 4 is 0 Å². The molecule has 0 saturated carbocycles. The molecule has 0 aliphatic carbocycles. The average molecular weight is 252 g/mol. The molecule has 1 saturated heterocycles. The Morgan fingerprint density at radius 2 is 1.78 bits per heavy atom. The molecule has 1 heterocycles. The van der Waals surface area contributed by atoms with Crippen molar-refractivity contribution in [2.75, 3.05) is 27.1 Å². The molecule has 0 bridgehead atoms. The van der Waals surface area contributed by atoms with Crippen LogP contribution in [0.15, 0.2) is 24.3 Å². The lowest BCUT2D eigenvalue weighted by atomic mass is 9.95. The molecule has 4 heteroatoms. The van der Waals surface area contributed by atoms with Crippen molar-refractivity contribution in [2.24, 2.45) is 5.41 Å². The second kappa shape index (κ2) is 5.69. The van der Waals surface area contributed by atoms with Gasteiger partial charge in [-0.2, -0.15) is 0 Å². The highest BCUT2D eigenvalue weighted by Crippen LogP contribution is 2.31. The molecule has 0 unspecified atom stereocenters. The maximum Gasteiger partial charge on any atom is 0.188 e. The van der Waals surface area contributed by atoms with Crippen LogP contribution in [-0.4, -0.2) is 27.1 Å². The Kier molecular flexibility index (Phi) is 4.22. The Morgan fingerprint density at radius 3 is 2.33 bits per heavy atom. The normalized spacial score (nSPS) is 19.7. The van der Waals surface area contributed by atoms with Crippen LogP contribution in [0.2, 0.25) is 0 Å². The minimum atomic E-state index is -0.269. The number of hydrogen-bond donors (Lipinski definition) is 0. The maximum absolute atomic E-state index is 5.71. The number of rotatable bonds is 4. The summed E-state index contributed by atoms with van der Waals surface area (Å²) in [6, 6.07) is 7.68. The van der Waals surface area contributed by atoms with Gasteiger partial charge in [0.2, 0.25) is 0 Å². The van der Waals surface area contributed by atoms with E-state index in [9.17, 15) is 0 Å². The predicted octanol–water partition coefficient (Wildman–Crippen LogP) is 2.74. The summed E-state index contributed by atoms with van der Waals surface area (Å²) in [5.41, 5.74) is 1.10. The third kappa shape index (κ3) is 3.45. The van der Waals surface area contributed by atoms with Gasteiger partial charge in [-0.15, -0.1) is 0 Å². The van der Waals surface area contributed by atoms with Gasteiger partial charge >= 0.3 is 0 Å². The standard InChI is InChI=1S/C14H20O4/c1-14(2)8-16-13(17-9-14)11-4-6-12(7-5-11)18-10-15-3/h4-7,13H,8-10H2,1-3H3. The fraction of sp³-hybridized carbons (Fsp3) is 0.571. The monoisotopic (exact) mass is 252 g/mol. The molecule has 18 heavy (non-hydrogen) atoms.